The highest BCUT2D eigenvalue weighted by Crippen LogP contribution is 2.55. The summed E-state index contributed by atoms with van der Waals surface area (Å²) in [4.78, 5) is 25.8. The van der Waals surface area contributed by atoms with Crippen molar-refractivity contribution in [2.75, 3.05) is 26.7 Å². The summed E-state index contributed by atoms with van der Waals surface area (Å²) < 4.78 is 5.51. The Bertz CT molecular complexity index is 750. The van der Waals surface area contributed by atoms with E-state index < -0.39 is 5.97 Å². The van der Waals surface area contributed by atoms with Gasteiger partial charge in [0, 0.05) is 11.5 Å². The Kier molecular flexibility index (Phi) is 4.95. The summed E-state index contributed by atoms with van der Waals surface area (Å²) in [6, 6.07) is 6.75. The van der Waals surface area contributed by atoms with E-state index in [-0.39, 0.29) is 24.4 Å². The van der Waals surface area contributed by atoms with Gasteiger partial charge in [-0.3, -0.25) is 4.79 Å². The third-order valence-corrected chi connectivity index (χ3v) is 6.93. The third-order valence-electron chi connectivity index (χ3n) is 6.93. The number of piperidine rings is 1. The molecular weight excluding hydrogens is 342 g/mol. The molecule has 1 heterocycles. The lowest BCUT2D eigenvalue weighted by Crippen LogP contribution is -2.59. The van der Waals surface area contributed by atoms with Crippen LogP contribution in [0.2, 0.25) is 0 Å². The van der Waals surface area contributed by atoms with Crippen molar-refractivity contribution in [2.24, 2.45) is 11.7 Å². The molecule has 6 heteroatoms. The maximum absolute atomic E-state index is 12.1. The second kappa shape index (κ2) is 7.24. The largest absolute Gasteiger partial charge is 0.425 e. The topological polar surface area (TPSA) is 84.7 Å². The van der Waals surface area contributed by atoms with Crippen molar-refractivity contribution in [3.8, 4) is 5.75 Å². The number of rotatable bonds is 4. The first-order valence-corrected chi connectivity index (χ1v) is 10.0. The van der Waals surface area contributed by atoms with Crippen LogP contribution in [0.25, 0.3) is 0 Å². The smallest absolute Gasteiger partial charge is 0.330 e. The maximum atomic E-state index is 12.1. The summed E-state index contributed by atoms with van der Waals surface area (Å²) in [6.45, 7) is 0.842. The fraction of sp³-hybridized carbons (Fsp3) is 0.619. The van der Waals surface area contributed by atoms with Gasteiger partial charge >= 0.3 is 5.97 Å². The number of ether oxygens (including phenoxy) is 1. The minimum Gasteiger partial charge on any atom is -0.425 e. The van der Waals surface area contributed by atoms with Gasteiger partial charge in [0.15, 0.2) is 0 Å². The minimum absolute atomic E-state index is 0.133. The van der Waals surface area contributed by atoms with Crippen LogP contribution in [-0.2, 0) is 21.4 Å². The Morgan fingerprint density at radius 1 is 1.33 bits per heavy atom. The number of nitrogens with zero attached hydrogens (tertiary/aromatic N) is 1. The molecule has 3 N–H and O–H groups in total. The molecule has 146 valence electrons. The van der Waals surface area contributed by atoms with Crippen LogP contribution >= 0.6 is 0 Å². The van der Waals surface area contributed by atoms with E-state index in [0.29, 0.717) is 17.7 Å². The van der Waals surface area contributed by atoms with Gasteiger partial charge in [-0.2, -0.15) is 0 Å². The molecule has 3 aliphatic rings. The average molecular weight is 371 g/mol. The summed E-state index contributed by atoms with van der Waals surface area (Å²) in [5, 5.41) is 2.45. The zero-order valence-corrected chi connectivity index (χ0v) is 16.0. The van der Waals surface area contributed by atoms with Crippen LogP contribution in [-0.4, -0.2) is 49.5 Å². The molecule has 3 unspecified atom stereocenters. The van der Waals surface area contributed by atoms with Gasteiger partial charge in [-0.15, -0.1) is 0 Å². The van der Waals surface area contributed by atoms with E-state index in [1.165, 1.54) is 43.2 Å². The van der Waals surface area contributed by atoms with Gasteiger partial charge in [0.2, 0.25) is 5.91 Å². The highest BCUT2D eigenvalue weighted by molar-refractivity contribution is 5.83. The Morgan fingerprint density at radius 3 is 3.00 bits per heavy atom. The Hall–Kier alpha value is -1.92. The molecule has 1 aromatic carbocycles. The van der Waals surface area contributed by atoms with E-state index in [1.807, 2.05) is 6.07 Å². The molecule has 2 aliphatic carbocycles. The third kappa shape index (κ3) is 3.25. The van der Waals surface area contributed by atoms with E-state index in [1.54, 1.807) is 0 Å². The van der Waals surface area contributed by atoms with Crippen molar-refractivity contribution >= 4 is 11.9 Å². The lowest BCUT2D eigenvalue weighted by Gasteiger charge is -2.58. The molecule has 1 aromatic rings. The summed E-state index contributed by atoms with van der Waals surface area (Å²) in [5.74, 6) is 0.453. The number of fused-ring (bicyclic) bond motifs is 1. The van der Waals surface area contributed by atoms with Crippen molar-refractivity contribution in [2.45, 2.75) is 50.0 Å². The minimum atomic E-state index is -0.466. The number of nitrogens with two attached hydrogens (primary N) is 1. The van der Waals surface area contributed by atoms with Crippen molar-refractivity contribution in [3.63, 3.8) is 0 Å². The number of carbonyl (C=O) groups is 2. The first-order chi connectivity index (χ1) is 13.0. The van der Waals surface area contributed by atoms with Gasteiger partial charge in [-0.05, 0) is 68.5 Å². The van der Waals surface area contributed by atoms with Gasteiger partial charge in [-0.1, -0.05) is 18.9 Å². The quantitative estimate of drug-likeness (QED) is 0.617. The van der Waals surface area contributed by atoms with Crippen molar-refractivity contribution in [1.82, 2.24) is 10.2 Å². The van der Waals surface area contributed by atoms with Crippen molar-refractivity contribution in [1.29, 1.82) is 0 Å². The summed E-state index contributed by atoms with van der Waals surface area (Å²) >= 11 is 0. The number of carbonyl (C=O) groups excluding carboxylic acids is 2. The van der Waals surface area contributed by atoms with Crippen LogP contribution in [0, 0.1) is 5.92 Å². The second-order valence-corrected chi connectivity index (χ2v) is 8.28. The normalized spacial score (nSPS) is 29.4. The van der Waals surface area contributed by atoms with Gasteiger partial charge in [0.25, 0.3) is 0 Å². The van der Waals surface area contributed by atoms with Crippen molar-refractivity contribution < 1.29 is 14.3 Å². The first kappa shape index (κ1) is 18.4. The monoisotopic (exact) mass is 371 g/mol. The van der Waals surface area contributed by atoms with Crippen LogP contribution in [0.15, 0.2) is 18.2 Å². The Morgan fingerprint density at radius 2 is 2.19 bits per heavy atom. The van der Waals surface area contributed by atoms with Gasteiger partial charge in [0.05, 0.1) is 6.54 Å². The number of likely N-dealkylation sites (tertiary alicyclic amines) is 1. The molecule has 3 atom stereocenters. The fourth-order valence-corrected chi connectivity index (χ4v) is 5.65. The molecule has 0 spiro atoms. The molecule has 1 aliphatic heterocycles. The average Bonchev–Trinajstić information content (AvgIpc) is 2.69. The van der Waals surface area contributed by atoms with Crippen LogP contribution in [0.4, 0.5) is 0 Å². The van der Waals surface area contributed by atoms with E-state index >= 15 is 0 Å². The van der Waals surface area contributed by atoms with Crippen molar-refractivity contribution in [3.05, 3.63) is 29.3 Å². The van der Waals surface area contributed by atoms with E-state index in [0.717, 1.165) is 13.0 Å². The molecule has 1 saturated carbocycles. The molecule has 1 amide bonds. The predicted molar refractivity (Wildman–Crippen MR) is 103 cm³/mol. The molecule has 1 saturated heterocycles. The number of amides is 1. The lowest BCUT2D eigenvalue weighted by atomic mass is 9.52. The summed E-state index contributed by atoms with van der Waals surface area (Å²) in [6.07, 6.45) is 7.40. The zero-order chi connectivity index (χ0) is 19.0. The highest BCUT2D eigenvalue weighted by Gasteiger charge is 2.53. The number of benzene rings is 1. The van der Waals surface area contributed by atoms with Crippen LogP contribution in [0.5, 0.6) is 5.75 Å². The van der Waals surface area contributed by atoms with Crippen LogP contribution in [0.3, 0.4) is 0 Å². The van der Waals surface area contributed by atoms with Gasteiger partial charge in [0.1, 0.15) is 12.3 Å². The zero-order valence-electron chi connectivity index (χ0n) is 16.0. The molecule has 27 heavy (non-hydrogen) atoms. The van der Waals surface area contributed by atoms with E-state index in [4.69, 9.17) is 10.5 Å². The van der Waals surface area contributed by atoms with E-state index in [9.17, 15) is 9.59 Å². The fourth-order valence-electron chi connectivity index (χ4n) is 5.65. The van der Waals surface area contributed by atoms with Crippen LogP contribution in [0.1, 0.15) is 43.2 Å². The number of esters is 1. The molecule has 2 fully saturated rings. The second-order valence-electron chi connectivity index (χ2n) is 8.28. The number of hydrogen-bond donors (Lipinski definition) is 2. The standard InChI is InChI=1S/C21H29N3O3/c1-24-9-8-21-7-3-2-4-16(21)18(24)10-14-5-6-15(11-17(14)21)27-20(26)13-23-19(25)12-22/h5-6,11,16,18H,2-4,7-10,12-13,22H2,1H3,(H,23,25). The number of likely N-dealkylation sites (N-methyl/N-ethyl adjacent to an activating group) is 1. The predicted octanol–water partition coefficient (Wildman–Crippen LogP) is 1.36. The molecule has 6 nitrogen and oxygen atoms in total. The van der Waals surface area contributed by atoms with Gasteiger partial charge < -0.3 is 20.7 Å². The SMILES string of the molecule is CN1CCC23CCCCC2C1Cc1ccc(OC(=O)CNC(=O)CN)cc13. The molecule has 0 aromatic heterocycles. The maximum Gasteiger partial charge on any atom is 0.330 e. The highest BCUT2D eigenvalue weighted by atomic mass is 16.5. The van der Waals surface area contributed by atoms with E-state index in [2.05, 4.69) is 29.4 Å². The lowest BCUT2D eigenvalue weighted by molar-refractivity contribution is -0.135. The molecule has 4 rings (SSSR count). The summed E-state index contributed by atoms with van der Waals surface area (Å²) in [7, 11) is 2.26. The molecule has 2 bridgehead atoms. The first-order valence-electron chi connectivity index (χ1n) is 10.0. The van der Waals surface area contributed by atoms with Crippen LogP contribution < -0.4 is 15.8 Å². The Labute approximate surface area is 160 Å². The molecular formula is C21H29N3O3. The Balaban J connectivity index is 1.58. The summed E-state index contributed by atoms with van der Waals surface area (Å²) in [5.41, 5.74) is 8.27. The number of nitrogens with one attached hydrogen (secondary N) is 1. The number of hydrogen-bond acceptors (Lipinski definition) is 5. The van der Waals surface area contributed by atoms with Gasteiger partial charge in [-0.25, -0.2) is 4.79 Å². The molecule has 0 radical (unpaired) electrons.